The van der Waals surface area contributed by atoms with Crippen molar-refractivity contribution < 1.29 is 9.59 Å². The molecule has 1 aliphatic rings. The van der Waals surface area contributed by atoms with Gasteiger partial charge in [-0.25, -0.2) is 0 Å². The van der Waals surface area contributed by atoms with Gasteiger partial charge in [0.25, 0.3) is 0 Å². The Hall–Kier alpha value is -1.49. The van der Waals surface area contributed by atoms with E-state index in [4.69, 9.17) is 0 Å². The second-order valence-corrected chi connectivity index (χ2v) is 6.21. The molecule has 2 amide bonds. The molecular formula is C15H20N2O2S. The fourth-order valence-electron chi connectivity index (χ4n) is 2.47. The van der Waals surface area contributed by atoms with Crippen LogP contribution in [0.2, 0.25) is 0 Å². The maximum absolute atomic E-state index is 12.5. The Morgan fingerprint density at radius 2 is 2.00 bits per heavy atom. The molecule has 0 aliphatic carbocycles. The Balaban J connectivity index is 2.46. The van der Waals surface area contributed by atoms with Crippen molar-refractivity contribution >= 4 is 29.3 Å². The number of benzene rings is 1. The summed E-state index contributed by atoms with van der Waals surface area (Å²) in [5.74, 6) is -0.0763. The summed E-state index contributed by atoms with van der Waals surface area (Å²) in [7, 11) is 0. The highest BCUT2D eigenvalue weighted by atomic mass is 32.2. The van der Waals surface area contributed by atoms with Crippen LogP contribution < -0.4 is 10.2 Å². The van der Waals surface area contributed by atoms with Gasteiger partial charge in [-0.2, -0.15) is 0 Å². The summed E-state index contributed by atoms with van der Waals surface area (Å²) in [5, 5.41) is 2.75. The van der Waals surface area contributed by atoms with Gasteiger partial charge in [0.2, 0.25) is 11.8 Å². The minimum atomic E-state index is -0.476. The largest absolute Gasteiger partial charge is 0.343 e. The van der Waals surface area contributed by atoms with Crippen LogP contribution in [-0.2, 0) is 9.59 Å². The second-order valence-electron chi connectivity index (χ2n) is 5.33. The summed E-state index contributed by atoms with van der Waals surface area (Å²) in [6.07, 6.45) is 1.99. The molecule has 0 aromatic heterocycles. The number of carbonyl (C=O) groups excluding carboxylic acids is 2. The fourth-order valence-corrected chi connectivity index (χ4v) is 2.93. The summed E-state index contributed by atoms with van der Waals surface area (Å²) in [6, 6.07) is 6.84. The SMILES string of the molecule is CSc1cccc(N2C(=O)C(C)NC(=O)C2C(C)C)c1. The van der Waals surface area contributed by atoms with Crippen LogP contribution >= 0.6 is 11.8 Å². The standard InChI is InChI=1S/C15H20N2O2S/c1-9(2)13-14(18)16-10(3)15(19)17(13)11-6-5-7-12(8-11)20-4/h5-10,13H,1-4H3,(H,16,18). The Bertz CT molecular complexity index is 530. The molecule has 1 aliphatic heterocycles. The first-order valence-electron chi connectivity index (χ1n) is 6.73. The lowest BCUT2D eigenvalue weighted by molar-refractivity contribution is -0.134. The van der Waals surface area contributed by atoms with Gasteiger partial charge in [-0.15, -0.1) is 11.8 Å². The van der Waals surface area contributed by atoms with Crippen LogP contribution in [-0.4, -0.2) is 30.2 Å². The number of hydrogen-bond acceptors (Lipinski definition) is 3. The Kier molecular flexibility index (Phi) is 4.38. The summed E-state index contributed by atoms with van der Waals surface area (Å²) in [4.78, 5) is 27.4. The molecule has 5 heteroatoms. The number of rotatable bonds is 3. The van der Waals surface area contributed by atoms with E-state index in [1.807, 2.05) is 44.4 Å². The highest BCUT2D eigenvalue weighted by molar-refractivity contribution is 7.98. The predicted octanol–water partition coefficient (Wildman–Crippen LogP) is 2.28. The maximum atomic E-state index is 12.5. The average molecular weight is 292 g/mol. The van der Waals surface area contributed by atoms with Crippen LogP contribution in [0.3, 0.4) is 0 Å². The van der Waals surface area contributed by atoms with E-state index in [1.54, 1.807) is 23.6 Å². The highest BCUT2D eigenvalue weighted by Crippen LogP contribution is 2.28. The topological polar surface area (TPSA) is 49.4 Å². The van der Waals surface area contributed by atoms with Gasteiger partial charge in [-0.1, -0.05) is 19.9 Å². The van der Waals surface area contributed by atoms with Gasteiger partial charge in [0.05, 0.1) is 0 Å². The summed E-state index contributed by atoms with van der Waals surface area (Å²) in [6.45, 7) is 5.64. The molecule has 0 bridgehead atoms. The monoisotopic (exact) mass is 292 g/mol. The van der Waals surface area contributed by atoms with E-state index < -0.39 is 12.1 Å². The second kappa shape index (κ2) is 5.87. The van der Waals surface area contributed by atoms with E-state index in [2.05, 4.69) is 5.32 Å². The van der Waals surface area contributed by atoms with Crippen molar-refractivity contribution in [2.45, 2.75) is 37.8 Å². The Morgan fingerprint density at radius 3 is 2.60 bits per heavy atom. The average Bonchev–Trinajstić information content (AvgIpc) is 2.42. The lowest BCUT2D eigenvalue weighted by atomic mass is 9.96. The summed E-state index contributed by atoms with van der Waals surface area (Å²) < 4.78 is 0. The third-order valence-corrected chi connectivity index (χ3v) is 4.20. The van der Waals surface area contributed by atoms with E-state index in [1.165, 1.54) is 0 Å². The first-order valence-corrected chi connectivity index (χ1v) is 7.95. The minimum Gasteiger partial charge on any atom is -0.343 e. The van der Waals surface area contributed by atoms with Gasteiger partial charge >= 0.3 is 0 Å². The maximum Gasteiger partial charge on any atom is 0.250 e. The molecule has 2 unspecified atom stereocenters. The van der Waals surface area contributed by atoms with Crippen LogP contribution in [0.15, 0.2) is 29.2 Å². The van der Waals surface area contributed by atoms with Crippen molar-refractivity contribution in [2.75, 3.05) is 11.2 Å². The van der Waals surface area contributed by atoms with Crippen LogP contribution in [0.1, 0.15) is 20.8 Å². The van der Waals surface area contributed by atoms with E-state index in [0.717, 1.165) is 10.6 Å². The zero-order chi connectivity index (χ0) is 14.9. The number of nitrogens with zero attached hydrogens (tertiary/aromatic N) is 1. The molecule has 2 rings (SSSR count). The lowest BCUT2D eigenvalue weighted by Crippen LogP contribution is -2.64. The van der Waals surface area contributed by atoms with Crippen LogP contribution in [0.5, 0.6) is 0 Å². The third kappa shape index (κ3) is 2.68. The van der Waals surface area contributed by atoms with E-state index in [0.29, 0.717) is 0 Å². The van der Waals surface area contributed by atoms with Gasteiger partial charge in [-0.05, 0) is 37.3 Å². The van der Waals surface area contributed by atoms with Crippen LogP contribution in [0.4, 0.5) is 5.69 Å². The van der Waals surface area contributed by atoms with Crippen molar-refractivity contribution in [1.82, 2.24) is 5.32 Å². The zero-order valence-electron chi connectivity index (χ0n) is 12.2. The molecule has 0 saturated carbocycles. The first kappa shape index (κ1) is 14.9. The number of hydrogen-bond donors (Lipinski definition) is 1. The van der Waals surface area contributed by atoms with Crippen LogP contribution in [0, 0.1) is 5.92 Å². The van der Waals surface area contributed by atoms with Crippen molar-refractivity contribution in [2.24, 2.45) is 5.92 Å². The number of amides is 2. The number of carbonyl (C=O) groups is 2. The third-order valence-electron chi connectivity index (χ3n) is 3.48. The van der Waals surface area contributed by atoms with Gasteiger partial charge in [-0.3, -0.25) is 14.5 Å². The van der Waals surface area contributed by atoms with Gasteiger partial charge in [0, 0.05) is 10.6 Å². The molecule has 1 aromatic carbocycles. The first-order chi connectivity index (χ1) is 9.45. The molecular weight excluding hydrogens is 272 g/mol. The Morgan fingerprint density at radius 1 is 1.30 bits per heavy atom. The normalized spacial score (nSPS) is 23.1. The zero-order valence-corrected chi connectivity index (χ0v) is 13.0. The van der Waals surface area contributed by atoms with Gasteiger partial charge in [0.15, 0.2) is 0 Å². The molecule has 108 valence electrons. The molecule has 4 nitrogen and oxygen atoms in total. The van der Waals surface area contributed by atoms with Gasteiger partial charge in [0.1, 0.15) is 12.1 Å². The van der Waals surface area contributed by atoms with Crippen molar-refractivity contribution in [1.29, 1.82) is 0 Å². The predicted molar refractivity (Wildman–Crippen MR) is 81.9 cm³/mol. The molecule has 1 aromatic rings. The van der Waals surface area contributed by atoms with Crippen molar-refractivity contribution in [3.8, 4) is 0 Å². The van der Waals surface area contributed by atoms with Crippen molar-refractivity contribution in [3.63, 3.8) is 0 Å². The number of piperazine rings is 1. The molecule has 0 spiro atoms. The molecule has 1 fully saturated rings. The molecule has 1 N–H and O–H groups in total. The highest BCUT2D eigenvalue weighted by Gasteiger charge is 2.41. The van der Waals surface area contributed by atoms with Gasteiger partial charge < -0.3 is 5.32 Å². The lowest BCUT2D eigenvalue weighted by Gasteiger charge is -2.40. The van der Waals surface area contributed by atoms with Crippen LogP contribution in [0.25, 0.3) is 0 Å². The molecule has 1 saturated heterocycles. The Labute approximate surface area is 123 Å². The van der Waals surface area contributed by atoms with Crippen molar-refractivity contribution in [3.05, 3.63) is 24.3 Å². The summed E-state index contributed by atoms with van der Waals surface area (Å²) in [5.41, 5.74) is 0.794. The van der Waals surface area contributed by atoms with E-state index in [-0.39, 0.29) is 17.7 Å². The molecule has 0 radical (unpaired) electrons. The number of anilines is 1. The van der Waals surface area contributed by atoms with E-state index in [9.17, 15) is 9.59 Å². The minimum absolute atomic E-state index is 0.0541. The molecule has 20 heavy (non-hydrogen) atoms. The molecule has 1 heterocycles. The smallest absolute Gasteiger partial charge is 0.250 e. The quantitative estimate of drug-likeness (QED) is 0.870. The number of nitrogens with one attached hydrogen (secondary N) is 1. The fraction of sp³-hybridized carbons (Fsp3) is 0.467. The summed E-state index contributed by atoms with van der Waals surface area (Å²) >= 11 is 1.62. The number of thioether (sulfide) groups is 1. The van der Waals surface area contributed by atoms with E-state index >= 15 is 0 Å². The molecule has 2 atom stereocenters.